The lowest BCUT2D eigenvalue weighted by atomic mass is 10.0. The molecule has 0 saturated carbocycles. The first kappa shape index (κ1) is 12.9. The molecule has 0 fully saturated rings. The molecule has 18 heavy (non-hydrogen) atoms. The lowest BCUT2D eigenvalue weighted by molar-refractivity contribution is 0.171. The van der Waals surface area contributed by atoms with Gasteiger partial charge in [0.15, 0.2) is 0 Å². The van der Waals surface area contributed by atoms with Crippen molar-refractivity contribution in [1.82, 2.24) is 4.90 Å². The summed E-state index contributed by atoms with van der Waals surface area (Å²) in [5.74, 6) is 0.941. The molecule has 1 N–H and O–H groups in total. The Morgan fingerprint density at radius 1 is 1.17 bits per heavy atom. The number of aliphatic hydroxyl groups is 1. The Labute approximate surface area is 108 Å². The quantitative estimate of drug-likeness (QED) is 0.850. The van der Waals surface area contributed by atoms with Crippen molar-refractivity contribution < 1.29 is 9.52 Å². The van der Waals surface area contributed by atoms with Gasteiger partial charge >= 0.3 is 0 Å². The van der Waals surface area contributed by atoms with Crippen LogP contribution in [0.1, 0.15) is 23.8 Å². The second-order valence-electron chi connectivity index (χ2n) is 4.43. The van der Waals surface area contributed by atoms with Crippen LogP contribution in [0.15, 0.2) is 53.1 Å². The summed E-state index contributed by atoms with van der Waals surface area (Å²) >= 11 is 0. The molecule has 0 spiro atoms. The van der Waals surface area contributed by atoms with E-state index in [2.05, 4.69) is 24.1 Å². The molecule has 0 amide bonds. The van der Waals surface area contributed by atoms with Gasteiger partial charge < -0.3 is 9.52 Å². The van der Waals surface area contributed by atoms with Crippen LogP contribution in [0, 0.1) is 0 Å². The number of nitrogens with zero attached hydrogens (tertiary/aromatic N) is 1. The van der Waals surface area contributed by atoms with Crippen LogP contribution in [0.2, 0.25) is 0 Å². The van der Waals surface area contributed by atoms with Crippen molar-refractivity contribution in [2.24, 2.45) is 0 Å². The van der Waals surface area contributed by atoms with Gasteiger partial charge in [0.2, 0.25) is 0 Å². The minimum atomic E-state index is 0.183. The molecule has 0 bridgehead atoms. The molecule has 0 radical (unpaired) electrons. The Morgan fingerprint density at radius 3 is 2.56 bits per heavy atom. The predicted molar refractivity (Wildman–Crippen MR) is 71.1 cm³/mol. The highest BCUT2D eigenvalue weighted by atomic mass is 16.3. The van der Waals surface area contributed by atoms with E-state index in [1.807, 2.05) is 30.3 Å². The fourth-order valence-electron chi connectivity index (χ4n) is 2.20. The normalized spacial score (nSPS) is 12.8. The summed E-state index contributed by atoms with van der Waals surface area (Å²) in [7, 11) is 2.05. The molecule has 2 aromatic rings. The van der Waals surface area contributed by atoms with E-state index in [0.717, 1.165) is 18.7 Å². The SMILES string of the molecule is CN(Cc1ccco1)C(CCO)c1ccccc1. The van der Waals surface area contributed by atoms with E-state index in [0.29, 0.717) is 0 Å². The fourth-order valence-corrected chi connectivity index (χ4v) is 2.20. The zero-order chi connectivity index (χ0) is 12.8. The Morgan fingerprint density at radius 2 is 1.94 bits per heavy atom. The van der Waals surface area contributed by atoms with Gasteiger partial charge in [-0.2, -0.15) is 0 Å². The van der Waals surface area contributed by atoms with Crippen molar-refractivity contribution in [3.05, 3.63) is 60.1 Å². The summed E-state index contributed by atoms with van der Waals surface area (Å²) in [6, 6.07) is 14.3. The van der Waals surface area contributed by atoms with Gasteiger partial charge in [0, 0.05) is 12.6 Å². The molecule has 96 valence electrons. The monoisotopic (exact) mass is 245 g/mol. The molecular weight excluding hydrogens is 226 g/mol. The van der Waals surface area contributed by atoms with E-state index in [1.54, 1.807) is 6.26 Å². The van der Waals surface area contributed by atoms with Crippen LogP contribution < -0.4 is 0 Å². The third-order valence-corrected chi connectivity index (χ3v) is 3.10. The molecule has 0 aliphatic heterocycles. The lowest BCUT2D eigenvalue weighted by Gasteiger charge is -2.27. The van der Waals surface area contributed by atoms with E-state index >= 15 is 0 Å². The van der Waals surface area contributed by atoms with Gasteiger partial charge in [-0.15, -0.1) is 0 Å². The summed E-state index contributed by atoms with van der Waals surface area (Å²) in [5, 5.41) is 9.22. The minimum absolute atomic E-state index is 0.183. The topological polar surface area (TPSA) is 36.6 Å². The van der Waals surface area contributed by atoms with Crippen LogP contribution in [-0.4, -0.2) is 23.7 Å². The van der Waals surface area contributed by atoms with Crippen LogP contribution in [0.3, 0.4) is 0 Å². The summed E-state index contributed by atoms with van der Waals surface area (Å²) in [5.41, 5.74) is 1.22. The molecule has 3 nitrogen and oxygen atoms in total. The van der Waals surface area contributed by atoms with E-state index in [9.17, 15) is 5.11 Å². The second kappa shape index (κ2) is 6.38. The van der Waals surface area contributed by atoms with Gasteiger partial charge in [-0.1, -0.05) is 30.3 Å². The lowest BCUT2D eigenvalue weighted by Crippen LogP contribution is -2.25. The van der Waals surface area contributed by atoms with Crippen molar-refractivity contribution >= 4 is 0 Å². The highest BCUT2D eigenvalue weighted by Gasteiger charge is 2.17. The Kier molecular flexibility index (Phi) is 4.56. The van der Waals surface area contributed by atoms with E-state index < -0.39 is 0 Å². The van der Waals surface area contributed by atoms with Crippen molar-refractivity contribution in [2.75, 3.05) is 13.7 Å². The molecule has 1 unspecified atom stereocenters. The van der Waals surface area contributed by atoms with Gasteiger partial charge in [-0.05, 0) is 31.2 Å². The first-order valence-electron chi connectivity index (χ1n) is 6.19. The van der Waals surface area contributed by atoms with E-state index in [-0.39, 0.29) is 12.6 Å². The zero-order valence-corrected chi connectivity index (χ0v) is 10.6. The molecule has 0 aliphatic carbocycles. The molecule has 2 rings (SSSR count). The molecule has 1 heterocycles. The molecular formula is C15H19NO2. The smallest absolute Gasteiger partial charge is 0.117 e. The summed E-state index contributed by atoms with van der Waals surface area (Å²) in [6.45, 7) is 0.925. The van der Waals surface area contributed by atoms with Crippen LogP contribution in [0.4, 0.5) is 0 Å². The number of aliphatic hydroxyl groups excluding tert-OH is 1. The standard InChI is InChI=1S/C15H19NO2/c1-16(12-14-8-5-11-18-14)15(9-10-17)13-6-3-2-4-7-13/h2-8,11,15,17H,9-10,12H2,1H3. The summed E-state index contributed by atoms with van der Waals surface area (Å²) in [4.78, 5) is 2.20. The number of hydrogen-bond acceptors (Lipinski definition) is 3. The first-order valence-corrected chi connectivity index (χ1v) is 6.19. The van der Waals surface area contributed by atoms with Crippen LogP contribution in [0.5, 0.6) is 0 Å². The first-order chi connectivity index (χ1) is 8.81. The van der Waals surface area contributed by atoms with Gasteiger partial charge in [0.1, 0.15) is 5.76 Å². The molecule has 0 saturated heterocycles. The van der Waals surface area contributed by atoms with Gasteiger partial charge in [0.05, 0.1) is 12.8 Å². The molecule has 1 atom stereocenters. The maximum atomic E-state index is 9.22. The van der Waals surface area contributed by atoms with Crippen LogP contribution >= 0.6 is 0 Å². The minimum Gasteiger partial charge on any atom is -0.468 e. The average Bonchev–Trinajstić information content (AvgIpc) is 2.89. The zero-order valence-electron chi connectivity index (χ0n) is 10.6. The van der Waals surface area contributed by atoms with E-state index in [1.165, 1.54) is 5.56 Å². The third kappa shape index (κ3) is 3.22. The highest BCUT2D eigenvalue weighted by Crippen LogP contribution is 2.24. The van der Waals surface area contributed by atoms with Crippen molar-refractivity contribution in [3.63, 3.8) is 0 Å². The molecule has 1 aromatic heterocycles. The fraction of sp³-hybridized carbons (Fsp3) is 0.333. The molecule has 0 aliphatic rings. The third-order valence-electron chi connectivity index (χ3n) is 3.10. The molecule has 1 aromatic carbocycles. The van der Waals surface area contributed by atoms with Gasteiger partial charge in [-0.3, -0.25) is 4.90 Å². The second-order valence-corrected chi connectivity index (χ2v) is 4.43. The highest BCUT2D eigenvalue weighted by molar-refractivity contribution is 5.19. The number of hydrogen-bond donors (Lipinski definition) is 1. The van der Waals surface area contributed by atoms with Crippen molar-refractivity contribution in [3.8, 4) is 0 Å². The average molecular weight is 245 g/mol. The largest absolute Gasteiger partial charge is 0.468 e. The Hall–Kier alpha value is -1.58. The van der Waals surface area contributed by atoms with Crippen molar-refractivity contribution in [1.29, 1.82) is 0 Å². The number of benzene rings is 1. The van der Waals surface area contributed by atoms with Crippen LogP contribution in [0.25, 0.3) is 0 Å². The molecule has 3 heteroatoms. The van der Waals surface area contributed by atoms with Gasteiger partial charge in [0.25, 0.3) is 0 Å². The number of rotatable bonds is 6. The summed E-state index contributed by atoms with van der Waals surface area (Å²) < 4.78 is 5.36. The van der Waals surface area contributed by atoms with Crippen LogP contribution in [-0.2, 0) is 6.54 Å². The van der Waals surface area contributed by atoms with Crippen molar-refractivity contribution in [2.45, 2.75) is 19.0 Å². The predicted octanol–water partition coefficient (Wildman–Crippen LogP) is 2.84. The van der Waals surface area contributed by atoms with E-state index in [4.69, 9.17) is 4.42 Å². The maximum absolute atomic E-state index is 9.22. The maximum Gasteiger partial charge on any atom is 0.117 e. The number of furan rings is 1. The van der Waals surface area contributed by atoms with Gasteiger partial charge in [-0.25, -0.2) is 0 Å². The Balaban J connectivity index is 2.09. The summed E-state index contributed by atoms with van der Waals surface area (Å²) in [6.07, 6.45) is 2.41. The Bertz CT molecular complexity index is 439.